The van der Waals surface area contributed by atoms with Crippen LogP contribution in [-0.2, 0) is 4.74 Å². The van der Waals surface area contributed by atoms with Crippen LogP contribution in [0, 0.1) is 0 Å². The maximum absolute atomic E-state index is 6.81. The number of ether oxygens (including phenoxy) is 1. The van der Waals surface area contributed by atoms with Crippen LogP contribution in [0.5, 0.6) is 0 Å². The highest BCUT2D eigenvalue weighted by Gasteiger charge is 2.24. The van der Waals surface area contributed by atoms with Crippen LogP contribution in [0.3, 0.4) is 0 Å². The maximum atomic E-state index is 6.81. The van der Waals surface area contributed by atoms with E-state index in [4.69, 9.17) is 4.74 Å². The topological polar surface area (TPSA) is 15.7 Å². The molecule has 0 fully saturated rings. The van der Waals surface area contributed by atoms with Crippen LogP contribution in [0.25, 0.3) is 0 Å². The lowest BCUT2D eigenvalue weighted by Crippen LogP contribution is -2.30. The van der Waals surface area contributed by atoms with E-state index >= 15 is 0 Å². The Bertz CT molecular complexity index is 584. The van der Waals surface area contributed by atoms with Gasteiger partial charge in [0.2, 0.25) is 0 Å². The summed E-state index contributed by atoms with van der Waals surface area (Å²) in [5.41, 5.74) is 2.51. The van der Waals surface area contributed by atoms with Crippen molar-refractivity contribution in [1.29, 1.82) is 0 Å². The molecule has 0 amide bonds. The molecule has 0 aliphatic rings. The Balaban J connectivity index is 2.27. The van der Waals surface area contributed by atoms with Crippen molar-refractivity contribution >= 4 is 0 Å². The molecule has 2 rings (SSSR count). The minimum Gasteiger partial charge on any atom is -0.365 e. The fourth-order valence-corrected chi connectivity index (χ4v) is 3.12. The van der Waals surface area contributed by atoms with Crippen molar-refractivity contribution in [1.82, 2.24) is 9.80 Å². The summed E-state index contributed by atoms with van der Waals surface area (Å²) in [6, 6.07) is 22.2. The van der Waals surface area contributed by atoms with Crippen LogP contribution in [0.4, 0.5) is 0 Å². The van der Waals surface area contributed by atoms with Gasteiger partial charge in [-0.05, 0) is 66.0 Å². The standard InChI is InChI=1S/C24H36N2O/c1-19(25(3)4)17-23(21-13-9-7-10-14-21)27-24(18-20(2)26(5)6)22-15-11-8-12-16-22/h7-16,19-20,23-24H,17-18H2,1-6H3. The third kappa shape index (κ3) is 6.76. The van der Waals surface area contributed by atoms with Gasteiger partial charge in [-0.2, -0.15) is 0 Å². The second kappa shape index (κ2) is 10.6. The summed E-state index contributed by atoms with van der Waals surface area (Å²) in [6.07, 6.45) is 2.08. The van der Waals surface area contributed by atoms with Gasteiger partial charge in [0.1, 0.15) is 0 Å². The summed E-state index contributed by atoms with van der Waals surface area (Å²) in [5, 5.41) is 0. The van der Waals surface area contributed by atoms with Crippen molar-refractivity contribution in [3.8, 4) is 0 Å². The molecular formula is C24H36N2O. The Morgan fingerprint density at radius 2 is 0.963 bits per heavy atom. The van der Waals surface area contributed by atoms with E-state index in [1.807, 2.05) is 0 Å². The Morgan fingerprint density at radius 1 is 0.630 bits per heavy atom. The molecule has 2 aromatic carbocycles. The van der Waals surface area contributed by atoms with E-state index in [2.05, 4.69) is 113 Å². The fourth-order valence-electron chi connectivity index (χ4n) is 3.12. The molecule has 0 saturated carbocycles. The predicted octanol–water partition coefficient (Wildman–Crippen LogP) is 5.17. The minimum atomic E-state index is 0.0724. The molecule has 2 aromatic rings. The van der Waals surface area contributed by atoms with Gasteiger partial charge in [-0.25, -0.2) is 0 Å². The van der Waals surface area contributed by atoms with Gasteiger partial charge in [-0.1, -0.05) is 60.7 Å². The lowest BCUT2D eigenvalue weighted by Gasteiger charge is -2.32. The Labute approximate surface area is 166 Å². The van der Waals surface area contributed by atoms with Gasteiger partial charge in [0.05, 0.1) is 12.2 Å². The van der Waals surface area contributed by atoms with Crippen LogP contribution >= 0.6 is 0 Å². The molecule has 27 heavy (non-hydrogen) atoms. The van der Waals surface area contributed by atoms with Gasteiger partial charge in [-0.15, -0.1) is 0 Å². The number of rotatable bonds is 10. The zero-order chi connectivity index (χ0) is 19.8. The first-order valence-corrected chi connectivity index (χ1v) is 9.96. The highest BCUT2D eigenvalue weighted by atomic mass is 16.5. The molecule has 0 aromatic heterocycles. The summed E-state index contributed by atoms with van der Waals surface area (Å²) in [7, 11) is 8.54. The van der Waals surface area contributed by atoms with Gasteiger partial charge >= 0.3 is 0 Å². The van der Waals surface area contributed by atoms with Crippen LogP contribution in [0.15, 0.2) is 60.7 Å². The average Bonchev–Trinajstić information content (AvgIpc) is 2.67. The molecule has 4 atom stereocenters. The van der Waals surface area contributed by atoms with Crippen molar-refractivity contribution in [3.05, 3.63) is 71.8 Å². The lowest BCUT2D eigenvalue weighted by atomic mass is 9.98. The predicted molar refractivity (Wildman–Crippen MR) is 115 cm³/mol. The molecule has 3 heteroatoms. The normalized spacial score (nSPS) is 16.3. The molecule has 0 aliphatic carbocycles. The number of hydrogen-bond donors (Lipinski definition) is 0. The molecule has 0 heterocycles. The van der Waals surface area contributed by atoms with Gasteiger partial charge in [0.25, 0.3) is 0 Å². The van der Waals surface area contributed by atoms with Crippen molar-refractivity contribution in [2.45, 2.75) is 51.0 Å². The highest BCUT2D eigenvalue weighted by molar-refractivity contribution is 5.20. The average molecular weight is 369 g/mol. The monoisotopic (exact) mass is 368 g/mol. The van der Waals surface area contributed by atoms with E-state index in [-0.39, 0.29) is 12.2 Å². The van der Waals surface area contributed by atoms with E-state index in [9.17, 15) is 0 Å². The van der Waals surface area contributed by atoms with E-state index < -0.39 is 0 Å². The minimum absolute atomic E-state index is 0.0724. The Hall–Kier alpha value is -1.68. The van der Waals surface area contributed by atoms with E-state index in [0.29, 0.717) is 12.1 Å². The van der Waals surface area contributed by atoms with E-state index in [0.717, 1.165) is 12.8 Å². The van der Waals surface area contributed by atoms with Gasteiger partial charge in [0.15, 0.2) is 0 Å². The van der Waals surface area contributed by atoms with Crippen molar-refractivity contribution in [2.75, 3.05) is 28.2 Å². The first-order chi connectivity index (χ1) is 12.9. The molecule has 3 nitrogen and oxygen atoms in total. The molecule has 148 valence electrons. The second-order valence-corrected chi connectivity index (χ2v) is 8.03. The third-order valence-corrected chi connectivity index (χ3v) is 5.54. The lowest BCUT2D eigenvalue weighted by molar-refractivity contribution is -0.0409. The first-order valence-electron chi connectivity index (χ1n) is 9.96. The summed E-state index contributed by atoms with van der Waals surface area (Å²) in [6.45, 7) is 4.53. The van der Waals surface area contributed by atoms with Crippen LogP contribution < -0.4 is 0 Å². The second-order valence-electron chi connectivity index (χ2n) is 8.03. The van der Waals surface area contributed by atoms with Crippen molar-refractivity contribution < 1.29 is 4.74 Å². The van der Waals surface area contributed by atoms with E-state index in [1.165, 1.54) is 11.1 Å². The van der Waals surface area contributed by atoms with Gasteiger partial charge < -0.3 is 14.5 Å². The van der Waals surface area contributed by atoms with E-state index in [1.54, 1.807) is 0 Å². The molecule has 0 spiro atoms. The number of hydrogen-bond acceptors (Lipinski definition) is 3. The summed E-state index contributed by atoms with van der Waals surface area (Å²) >= 11 is 0. The summed E-state index contributed by atoms with van der Waals surface area (Å²) in [4.78, 5) is 4.53. The molecule has 0 N–H and O–H groups in total. The van der Waals surface area contributed by atoms with Crippen molar-refractivity contribution in [2.24, 2.45) is 0 Å². The molecule has 0 radical (unpaired) electrons. The zero-order valence-electron chi connectivity index (χ0n) is 17.8. The summed E-state index contributed by atoms with van der Waals surface area (Å²) in [5.74, 6) is 0. The van der Waals surface area contributed by atoms with Gasteiger partial charge in [0, 0.05) is 12.1 Å². The SMILES string of the molecule is CC(CC(OC(CC(C)N(C)C)c1ccccc1)c1ccccc1)N(C)C. The zero-order valence-corrected chi connectivity index (χ0v) is 17.8. The largest absolute Gasteiger partial charge is 0.365 e. The molecule has 0 aliphatic heterocycles. The van der Waals surface area contributed by atoms with Gasteiger partial charge in [-0.3, -0.25) is 0 Å². The third-order valence-electron chi connectivity index (χ3n) is 5.54. The highest BCUT2D eigenvalue weighted by Crippen LogP contribution is 2.33. The quantitative estimate of drug-likeness (QED) is 0.576. The van der Waals surface area contributed by atoms with Crippen molar-refractivity contribution in [3.63, 3.8) is 0 Å². The Morgan fingerprint density at radius 3 is 1.26 bits per heavy atom. The molecule has 4 unspecified atom stereocenters. The number of nitrogens with zero attached hydrogens (tertiary/aromatic N) is 2. The number of benzene rings is 2. The smallest absolute Gasteiger partial charge is 0.0848 e. The molecule has 0 saturated heterocycles. The molecule has 0 bridgehead atoms. The van der Waals surface area contributed by atoms with Crippen LogP contribution in [0.2, 0.25) is 0 Å². The van der Waals surface area contributed by atoms with Crippen LogP contribution in [-0.4, -0.2) is 50.1 Å². The first kappa shape index (κ1) is 21.6. The fraction of sp³-hybridized carbons (Fsp3) is 0.500. The maximum Gasteiger partial charge on any atom is 0.0848 e. The van der Waals surface area contributed by atoms with Crippen LogP contribution in [0.1, 0.15) is 50.0 Å². The Kier molecular flexibility index (Phi) is 8.49. The summed E-state index contributed by atoms with van der Waals surface area (Å²) < 4.78 is 6.81. The molecular weight excluding hydrogens is 332 g/mol.